The van der Waals surface area contributed by atoms with Crippen molar-refractivity contribution in [2.45, 2.75) is 23.9 Å². The second-order valence-corrected chi connectivity index (χ2v) is 6.14. The van der Waals surface area contributed by atoms with E-state index >= 15 is 0 Å². The monoisotopic (exact) mass is 333 g/mol. The largest absolute Gasteiger partial charge is 0.402 e. The van der Waals surface area contributed by atoms with E-state index in [-0.39, 0.29) is 22.3 Å². The highest BCUT2D eigenvalue weighted by Crippen LogP contribution is 2.24. The van der Waals surface area contributed by atoms with Gasteiger partial charge in [-0.1, -0.05) is 6.92 Å². The SMILES string of the molecule is CCN(CC(F)(F)F)S(=O)(=O)c1ccc(F)c(CCl)c1. The summed E-state index contributed by atoms with van der Waals surface area (Å²) in [5.74, 6) is -0.988. The van der Waals surface area contributed by atoms with E-state index in [2.05, 4.69) is 0 Å². The van der Waals surface area contributed by atoms with E-state index in [1.54, 1.807) is 0 Å². The summed E-state index contributed by atoms with van der Waals surface area (Å²) in [6, 6.07) is 2.72. The highest BCUT2D eigenvalue weighted by Gasteiger charge is 2.36. The number of halogens is 5. The highest BCUT2D eigenvalue weighted by atomic mass is 35.5. The third-order valence-corrected chi connectivity index (χ3v) is 4.71. The van der Waals surface area contributed by atoms with Crippen LogP contribution in [-0.2, 0) is 15.9 Å². The fraction of sp³-hybridized carbons (Fsp3) is 0.455. The summed E-state index contributed by atoms with van der Waals surface area (Å²) in [6.07, 6.45) is -4.65. The molecule has 0 saturated carbocycles. The van der Waals surface area contributed by atoms with Gasteiger partial charge in [-0.05, 0) is 18.2 Å². The van der Waals surface area contributed by atoms with Crippen molar-refractivity contribution < 1.29 is 26.0 Å². The molecule has 9 heteroatoms. The highest BCUT2D eigenvalue weighted by molar-refractivity contribution is 7.89. The molecule has 0 spiro atoms. The van der Waals surface area contributed by atoms with Crippen LogP contribution < -0.4 is 0 Å². The topological polar surface area (TPSA) is 37.4 Å². The molecule has 0 saturated heterocycles. The lowest BCUT2D eigenvalue weighted by Crippen LogP contribution is -2.38. The Labute approximate surface area is 119 Å². The number of alkyl halides is 4. The standard InChI is InChI=1S/C11H12ClF4NO2S/c1-2-17(7-11(14,15)16)20(18,19)9-3-4-10(13)8(5-9)6-12/h3-5H,2,6-7H2,1H3. The molecule has 1 aromatic carbocycles. The summed E-state index contributed by atoms with van der Waals surface area (Å²) in [4.78, 5) is -0.416. The molecule has 1 rings (SSSR count). The fourth-order valence-electron chi connectivity index (χ4n) is 1.53. The first-order valence-electron chi connectivity index (χ1n) is 5.53. The van der Waals surface area contributed by atoms with Crippen molar-refractivity contribution in [2.75, 3.05) is 13.1 Å². The van der Waals surface area contributed by atoms with Crippen molar-refractivity contribution >= 4 is 21.6 Å². The van der Waals surface area contributed by atoms with Gasteiger partial charge in [-0.15, -0.1) is 11.6 Å². The Hall–Kier alpha value is -0.860. The van der Waals surface area contributed by atoms with E-state index in [0.29, 0.717) is 0 Å². The van der Waals surface area contributed by atoms with Crippen LogP contribution in [0.1, 0.15) is 12.5 Å². The third-order valence-electron chi connectivity index (χ3n) is 2.51. The average Bonchev–Trinajstić information content (AvgIpc) is 2.35. The quantitative estimate of drug-likeness (QED) is 0.613. The van der Waals surface area contributed by atoms with E-state index in [9.17, 15) is 26.0 Å². The molecular formula is C11H12ClF4NO2S. The van der Waals surface area contributed by atoms with Gasteiger partial charge < -0.3 is 0 Å². The molecule has 0 aliphatic carbocycles. The molecule has 0 amide bonds. The van der Waals surface area contributed by atoms with Crippen molar-refractivity contribution in [3.05, 3.63) is 29.6 Å². The van der Waals surface area contributed by atoms with Gasteiger partial charge in [0.05, 0.1) is 10.8 Å². The molecule has 0 aliphatic rings. The van der Waals surface area contributed by atoms with Gasteiger partial charge >= 0.3 is 6.18 Å². The summed E-state index contributed by atoms with van der Waals surface area (Å²) in [6.45, 7) is -0.663. The van der Waals surface area contributed by atoms with Crippen molar-refractivity contribution in [3.63, 3.8) is 0 Å². The maximum Gasteiger partial charge on any atom is 0.402 e. The minimum atomic E-state index is -4.65. The van der Waals surface area contributed by atoms with E-state index in [4.69, 9.17) is 11.6 Å². The Kier molecular flexibility index (Phi) is 5.39. The summed E-state index contributed by atoms with van der Waals surface area (Å²) < 4.78 is 74.8. The second kappa shape index (κ2) is 6.28. The van der Waals surface area contributed by atoms with Crippen LogP contribution in [0.5, 0.6) is 0 Å². The summed E-state index contributed by atoms with van der Waals surface area (Å²) in [7, 11) is -4.35. The Morgan fingerprint density at radius 2 is 1.90 bits per heavy atom. The lowest BCUT2D eigenvalue weighted by atomic mass is 10.2. The van der Waals surface area contributed by atoms with Crippen LogP contribution in [-0.4, -0.2) is 32.0 Å². The van der Waals surface area contributed by atoms with Gasteiger partial charge in [0.25, 0.3) is 0 Å². The van der Waals surface area contributed by atoms with Gasteiger partial charge in [-0.2, -0.15) is 17.5 Å². The van der Waals surface area contributed by atoms with E-state index in [0.717, 1.165) is 18.2 Å². The summed E-state index contributed by atoms with van der Waals surface area (Å²) in [5, 5.41) is 0. The van der Waals surface area contributed by atoms with Gasteiger partial charge in [-0.3, -0.25) is 0 Å². The van der Waals surface area contributed by atoms with Crippen LogP contribution >= 0.6 is 11.6 Å². The van der Waals surface area contributed by atoms with Crippen molar-refractivity contribution in [2.24, 2.45) is 0 Å². The Morgan fingerprint density at radius 1 is 1.30 bits per heavy atom. The molecular weight excluding hydrogens is 322 g/mol. The zero-order chi connectivity index (χ0) is 15.6. The number of nitrogens with zero attached hydrogens (tertiary/aromatic N) is 1. The molecule has 0 aromatic heterocycles. The molecule has 0 atom stereocenters. The number of benzene rings is 1. The molecule has 114 valence electrons. The maximum atomic E-state index is 13.2. The number of sulfonamides is 1. The van der Waals surface area contributed by atoms with Crippen molar-refractivity contribution in [3.8, 4) is 0 Å². The number of hydrogen-bond donors (Lipinski definition) is 0. The predicted molar refractivity (Wildman–Crippen MR) is 66.4 cm³/mol. The van der Waals surface area contributed by atoms with Crippen LogP contribution in [0.3, 0.4) is 0 Å². The smallest absolute Gasteiger partial charge is 0.207 e. The molecule has 0 radical (unpaired) electrons. The lowest BCUT2D eigenvalue weighted by molar-refractivity contribution is -0.135. The molecule has 0 aliphatic heterocycles. The molecule has 0 N–H and O–H groups in total. The molecule has 0 heterocycles. The predicted octanol–water partition coefficient (Wildman–Crippen LogP) is 3.14. The summed E-state index contributed by atoms with van der Waals surface area (Å²) in [5.41, 5.74) is -0.0872. The third kappa shape index (κ3) is 4.07. The van der Waals surface area contributed by atoms with Gasteiger partial charge in [0.15, 0.2) is 0 Å². The zero-order valence-corrected chi connectivity index (χ0v) is 12.0. The second-order valence-electron chi connectivity index (χ2n) is 3.93. The van der Waals surface area contributed by atoms with Crippen LogP contribution in [0.2, 0.25) is 0 Å². The first-order chi connectivity index (χ1) is 9.11. The van der Waals surface area contributed by atoms with Crippen LogP contribution in [0.25, 0.3) is 0 Å². The molecule has 0 bridgehead atoms. The zero-order valence-electron chi connectivity index (χ0n) is 10.4. The normalized spacial score (nSPS) is 12.9. The molecule has 0 unspecified atom stereocenters. The van der Waals surface area contributed by atoms with Crippen LogP contribution in [0.15, 0.2) is 23.1 Å². The van der Waals surface area contributed by atoms with E-state index in [1.807, 2.05) is 0 Å². The van der Waals surface area contributed by atoms with Gasteiger partial charge in [0.1, 0.15) is 12.4 Å². The van der Waals surface area contributed by atoms with Gasteiger partial charge in [0, 0.05) is 12.1 Å². The number of rotatable bonds is 5. The fourth-order valence-corrected chi connectivity index (χ4v) is 3.22. The summed E-state index contributed by atoms with van der Waals surface area (Å²) >= 11 is 5.45. The van der Waals surface area contributed by atoms with Crippen molar-refractivity contribution in [1.29, 1.82) is 0 Å². The van der Waals surface area contributed by atoms with Gasteiger partial charge in [0.2, 0.25) is 10.0 Å². The molecule has 20 heavy (non-hydrogen) atoms. The van der Waals surface area contributed by atoms with E-state index < -0.39 is 33.5 Å². The Balaban J connectivity index is 3.20. The number of hydrogen-bond acceptors (Lipinski definition) is 2. The molecule has 0 fully saturated rings. The minimum absolute atomic E-state index is 0.0872. The van der Waals surface area contributed by atoms with Crippen LogP contribution in [0.4, 0.5) is 17.6 Å². The van der Waals surface area contributed by atoms with E-state index in [1.165, 1.54) is 6.92 Å². The first kappa shape index (κ1) is 17.2. The molecule has 1 aromatic rings. The lowest BCUT2D eigenvalue weighted by Gasteiger charge is -2.22. The van der Waals surface area contributed by atoms with Gasteiger partial charge in [-0.25, -0.2) is 12.8 Å². The average molecular weight is 334 g/mol. The van der Waals surface area contributed by atoms with Crippen molar-refractivity contribution in [1.82, 2.24) is 4.31 Å². The molecule has 3 nitrogen and oxygen atoms in total. The first-order valence-corrected chi connectivity index (χ1v) is 7.50. The van der Waals surface area contributed by atoms with Crippen LogP contribution in [0, 0.1) is 5.82 Å². The maximum absolute atomic E-state index is 13.2. The Morgan fingerprint density at radius 3 is 2.35 bits per heavy atom. The minimum Gasteiger partial charge on any atom is -0.207 e. The Bertz CT molecular complexity index is 574.